The number of fused-ring (bicyclic) bond motifs is 1. The Morgan fingerprint density at radius 1 is 1.07 bits per heavy atom. The Bertz CT molecular complexity index is 974. The first-order valence-corrected chi connectivity index (χ1v) is 10.3. The molecule has 5 heteroatoms. The van der Waals surface area contributed by atoms with Crippen LogP contribution in [0.4, 0.5) is 0 Å². The van der Waals surface area contributed by atoms with Crippen molar-refractivity contribution in [3.05, 3.63) is 41.0 Å². The lowest BCUT2D eigenvalue weighted by Gasteiger charge is -2.17. The van der Waals surface area contributed by atoms with E-state index in [0.29, 0.717) is 12.5 Å². The molecule has 0 unspecified atom stereocenters. The van der Waals surface area contributed by atoms with Crippen LogP contribution < -0.4 is 0 Å². The van der Waals surface area contributed by atoms with Crippen LogP contribution in [-0.2, 0) is 11.2 Å². The first-order valence-electron chi connectivity index (χ1n) is 10.3. The lowest BCUT2D eigenvalue weighted by atomic mass is 10.0. The van der Waals surface area contributed by atoms with Crippen molar-refractivity contribution in [1.29, 1.82) is 0 Å². The average molecular weight is 381 g/mol. The molecule has 0 aromatic carbocycles. The number of pyridine rings is 1. The first-order chi connectivity index (χ1) is 13.4. The molecular weight excluding hydrogens is 348 g/mol. The fourth-order valence-electron chi connectivity index (χ4n) is 3.73. The number of methoxy groups -OCH3 is 1. The molecule has 3 aromatic rings. The maximum atomic E-state index is 5.41. The summed E-state index contributed by atoms with van der Waals surface area (Å²) in [7, 11) is 1.75. The summed E-state index contributed by atoms with van der Waals surface area (Å²) in [6.07, 6.45) is 4.02. The van der Waals surface area contributed by atoms with Gasteiger partial charge in [-0.25, -0.2) is 9.97 Å². The third-order valence-electron chi connectivity index (χ3n) is 5.40. The Hall–Kier alpha value is -2.27. The molecule has 0 radical (unpaired) electrons. The molecule has 3 rings (SSSR count). The van der Waals surface area contributed by atoms with E-state index in [1.54, 1.807) is 7.11 Å². The van der Waals surface area contributed by atoms with Gasteiger partial charge in [0.25, 0.3) is 0 Å². The van der Waals surface area contributed by atoms with Gasteiger partial charge in [-0.15, -0.1) is 0 Å². The summed E-state index contributed by atoms with van der Waals surface area (Å²) in [6.45, 7) is 13.5. The summed E-state index contributed by atoms with van der Waals surface area (Å²) in [5, 5.41) is 0. The minimum atomic E-state index is 0.263. The van der Waals surface area contributed by atoms with Crippen LogP contribution in [0.15, 0.2) is 18.3 Å². The van der Waals surface area contributed by atoms with Crippen molar-refractivity contribution >= 4 is 11.2 Å². The van der Waals surface area contributed by atoms with Gasteiger partial charge in [-0.3, -0.25) is 4.98 Å². The maximum Gasteiger partial charge on any atom is 0.159 e. The Labute approximate surface area is 168 Å². The van der Waals surface area contributed by atoms with Crippen molar-refractivity contribution in [2.24, 2.45) is 0 Å². The van der Waals surface area contributed by atoms with Crippen molar-refractivity contribution in [2.45, 2.75) is 66.3 Å². The summed E-state index contributed by atoms with van der Waals surface area (Å²) in [5.41, 5.74) is 8.22. The fraction of sp³-hybridized carbons (Fsp3) is 0.522. The van der Waals surface area contributed by atoms with E-state index in [2.05, 4.69) is 57.5 Å². The van der Waals surface area contributed by atoms with E-state index < -0.39 is 0 Å². The third-order valence-corrected chi connectivity index (χ3v) is 5.40. The highest BCUT2D eigenvalue weighted by Crippen LogP contribution is 2.30. The van der Waals surface area contributed by atoms with E-state index in [4.69, 9.17) is 19.7 Å². The monoisotopic (exact) mass is 380 g/mol. The number of aromatic nitrogens is 4. The standard InChI is InChI=1S/C23H32N4O/c1-8-17(13-28-7)27-12-15(5)21-23(27)24-16(6)22(26-21)18-10-11-20(14(3)4)25-19(18)9-2/h10-12,14,17H,8-9,13H2,1-7H3/t17-/m1/s1. The second kappa shape index (κ2) is 8.39. The molecule has 150 valence electrons. The molecule has 0 saturated carbocycles. The van der Waals surface area contributed by atoms with Crippen molar-refractivity contribution in [2.75, 3.05) is 13.7 Å². The molecule has 0 fully saturated rings. The van der Waals surface area contributed by atoms with Gasteiger partial charge in [0.1, 0.15) is 5.52 Å². The normalized spacial score (nSPS) is 12.9. The number of rotatable bonds is 7. The van der Waals surface area contributed by atoms with E-state index in [1.165, 1.54) is 0 Å². The average Bonchev–Trinajstić information content (AvgIpc) is 3.00. The van der Waals surface area contributed by atoms with Gasteiger partial charge in [0.05, 0.1) is 24.0 Å². The number of hydrogen-bond donors (Lipinski definition) is 0. The molecule has 0 saturated heterocycles. The van der Waals surface area contributed by atoms with Gasteiger partial charge in [0.2, 0.25) is 0 Å². The van der Waals surface area contributed by atoms with Crippen LogP contribution in [0, 0.1) is 13.8 Å². The van der Waals surface area contributed by atoms with Gasteiger partial charge in [-0.2, -0.15) is 0 Å². The lowest BCUT2D eigenvalue weighted by molar-refractivity contribution is 0.154. The highest BCUT2D eigenvalue weighted by atomic mass is 16.5. The summed E-state index contributed by atoms with van der Waals surface area (Å²) < 4.78 is 7.64. The Balaban J connectivity index is 2.17. The zero-order valence-electron chi connectivity index (χ0n) is 18.2. The zero-order valence-corrected chi connectivity index (χ0v) is 18.2. The Morgan fingerprint density at radius 3 is 2.43 bits per heavy atom. The van der Waals surface area contributed by atoms with Crippen LogP contribution >= 0.6 is 0 Å². The van der Waals surface area contributed by atoms with Crippen LogP contribution in [0.25, 0.3) is 22.4 Å². The summed E-state index contributed by atoms with van der Waals surface area (Å²) >= 11 is 0. The van der Waals surface area contributed by atoms with Crippen LogP contribution in [0.2, 0.25) is 0 Å². The van der Waals surface area contributed by atoms with Gasteiger partial charge in [-0.1, -0.05) is 27.7 Å². The van der Waals surface area contributed by atoms with Gasteiger partial charge in [-0.05, 0) is 50.3 Å². The molecule has 0 spiro atoms. The Morgan fingerprint density at radius 2 is 1.82 bits per heavy atom. The van der Waals surface area contributed by atoms with Crippen molar-refractivity contribution < 1.29 is 4.74 Å². The second-order valence-electron chi connectivity index (χ2n) is 7.81. The SMILES string of the molecule is CCc1nc(C(C)C)ccc1-c1nc2c(C)cn([C@H](CC)COC)c2nc1C. The van der Waals surface area contributed by atoms with E-state index in [9.17, 15) is 0 Å². The third kappa shape index (κ3) is 3.68. The van der Waals surface area contributed by atoms with Crippen molar-refractivity contribution in [3.63, 3.8) is 0 Å². The quantitative estimate of drug-likeness (QED) is 0.551. The molecule has 5 nitrogen and oxygen atoms in total. The maximum absolute atomic E-state index is 5.41. The molecule has 0 amide bonds. The van der Waals surface area contributed by atoms with E-state index in [0.717, 1.165) is 57.9 Å². The molecule has 0 aliphatic carbocycles. The lowest BCUT2D eigenvalue weighted by Crippen LogP contribution is -2.13. The number of aryl methyl sites for hydroxylation is 3. The molecule has 0 aliphatic heterocycles. The first kappa shape index (κ1) is 20.5. The summed E-state index contributed by atoms with van der Waals surface area (Å²) in [4.78, 5) is 14.9. The smallest absolute Gasteiger partial charge is 0.159 e. The summed E-state index contributed by atoms with van der Waals surface area (Å²) in [5.74, 6) is 0.414. The molecule has 3 aromatic heterocycles. The molecular formula is C23H32N4O. The molecule has 3 heterocycles. The van der Waals surface area contributed by atoms with E-state index >= 15 is 0 Å². The predicted octanol–water partition coefficient (Wildman–Crippen LogP) is 5.39. The van der Waals surface area contributed by atoms with Gasteiger partial charge < -0.3 is 9.30 Å². The van der Waals surface area contributed by atoms with Gasteiger partial charge >= 0.3 is 0 Å². The number of ether oxygens (including phenoxy) is 1. The minimum absolute atomic E-state index is 0.263. The van der Waals surface area contributed by atoms with E-state index in [1.807, 2.05) is 6.92 Å². The molecule has 1 atom stereocenters. The highest BCUT2D eigenvalue weighted by molar-refractivity contribution is 5.80. The van der Waals surface area contributed by atoms with Crippen LogP contribution in [0.3, 0.4) is 0 Å². The largest absolute Gasteiger partial charge is 0.383 e. The molecule has 0 aliphatic rings. The van der Waals surface area contributed by atoms with Crippen molar-refractivity contribution in [3.8, 4) is 11.3 Å². The highest BCUT2D eigenvalue weighted by Gasteiger charge is 2.19. The van der Waals surface area contributed by atoms with Crippen LogP contribution in [-0.4, -0.2) is 33.2 Å². The zero-order chi connectivity index (χ0) is 20.4. The predicted molar refractivity (Wildman–Crippen MR) is 115 cm³/mol. The number of nitrogens with zero attached hydrogens (tertiary/aromatic N) is 4. The van der Waals surface area contributed by atoms with Crippen molar-refractivity contribution in [1.82, 2.24) is 19.5 Å². The fourth-order valence-corrected chi connectivity index (χ4v) is 3.73. The summed E-state index contributed by atoms with van der Waals surface area (Å²) in [6, 6.07) is 4.54. The Kier molecular flexibility index (Phi) is 6.14. The topological polar surface area (TPSA) is 52.8 Å². The molecule has 28 heavy (non-hydrogen) atoms. The number of hydrogen-bond acceptors (Lipinski definition) is 4. The molecule has 0 N–H and O–H groups in total. The van der Waals surface area contributed by atoms with E-state index in [-0.39, 0.29) is 6.04 Å². The van der Waals surface area contributed by atoms with Gasteiger partial charge in [0.15, 0.2) is 5.65 Å². The minimum Gasteiger partial charge on any atom is -0.383 e. The van der Waals surface area contributed by atoms with Crippen LogP contribution in [0.1, 0.15) is 68.7 Å². The van der Waals surface area contributed by atoms with Gasteiger partial charge in [0, 0.05) is 30.3 Å². The van der Waals surface area contributed by atoms with Crippen LogP contribution in [0.5, 0.6) is 0 Å². The second-order valence-corrected chi connectivity index (χ2v) is 7.81. The molecule has 0 bridgehead atoms.